The molecule has 0 spiro atoms. The first-order chi connectivity index (χ1) is 8.56. The van der Waals surface area contributed by atoms with E-state index in [0.717, 1.165) is 33.2 Å². The van der Waals surface area contributed by atoms with Crippen molar-refractivity contribution in [3.05, 3.63) is 56.0 Å². The Morgan fingerprint density at radius 1 is 0.944 bits per heavy atom. The fraction of sp³-hybridized carbons (Fsp3) is 0.286. The Bertz CT molecular complexity index is 516. The van der Waals surface area contributed by atoms with Gasteiger partial charge in [-0.1, -0.05) is 15.9 Å². The van der Waals surface area contributed by atoms with E-state index < -0.39 is 0 Å². The van der Waals surface area contributed by atoms with Crippen LogP contribution in [0.4, 0.5) is 0 Å². The molecule has 0 amide bonds. The number of aromatic nitrogens is 2. The van der Waals surface area contributed by atoms with E-state index in [1.54, 1.807) is 0 Å². The molecule has 94 valence electrons. The maximum atomic E-state index is 4.46. The van der Waals surface area contributed by atoms with Gasteiger partial charge in [0.05, 0.1) is 5.69 Å². The molecule has 0 aliphatic heterocycles. The van der Waals surface area contributed by atoms with Gasteiger partial charge in [-0.05, 0) is 65.9 Å². The first kappa shape index (κ1) is 13.7. The van der Waals surface area contributed by atoms with E-state index in [-0.39, 0.29) is 0 Å². The Morgan fingerprint density at radius 2 is 1.72 bits per heavy atom. The number of rotatable bonds is 3. The highest BCUT2D eigenvalue weighted by Gasteiger charge is 2.05. The molecule has 0 saturated carbocycles. The third kappa shape index (κ3) is 3.39. The molecule has 2 rings (SSSR count). The minimum Gasteiger partial charge on any atom is -0.261 e. The lowest BCUT2D eigenvalue weighted by Crippen LogP contribution is -1.98. The van der Waals surface area contributed by atoms with Crippen molar-refractivity contribution < 1.29 is 0 Å². The minimum absolute atomic E-state index is 0.907. The Balaban J connectivity index is 2.11. The Labute approximate surface area is 124 Å². The molecule has 2 aromatic rings. The summed E-state index contributed by atoms with van der Waals surface area (Å²) in [5, 5.41) is 0. The largest absolute Gasteiger partial charge is 0.261 e. The van der Waals surface area contributed by atoms with Gasteiger partial charge in [-0.15, -0.1) is 0 Å². The molecule has 0 saturated heterocycles. The number of halogens is 2. The number of aryl methyl sites for hydroxylation is 4. The van der Waals surface area contributed by atoms with Gasteiger partial charge < -0.3 is 0 Å². The summed E-state index contributed by atoms with van der Waals surface area (Å²) in [5.41, 5.74) is 4.51. The van der Waals surface area contributed by atoms with Crippen molar-refractivity contribution in [2.45, 2.75) is 26.7 Å². The predicted molar refractivity (Wildman–Crippen MR) is 80.8 cm³/mol. The van der Waals surface area contributed by atoms with E-state index in [4.69, 9.17) is 0 Å². The van der Waals surface area contributed by atoms with E-state index in [1.165, 1.54) is 11.1 Å². The van der Waals surface area contributed by atoms with E-state index in [9.17, 15) is 0 Å². The van der Waals surface area contributed by atoms with Crippen LogP contribution < -0.4 is 0 Å². The second-order valence-electron chi connectivity index (χ2n) is 4.36. The van der Waals surface area contributed by atoms with Crippen molar-refractivity contribution in [3.8, 4) is 0 Å². The van der Waals surface area contributed by atoms with Crippen molar-refractivity contribution in [1.29, 1.82) is 0 Å². The van der Waals surface area contributed by atoms with Crippen molar-refractivity contribution >= 4 is 31.9 Å². The highest BCUT2D eigenvalue weighted by atomic mass is 79.9. The topological polar surface area (TPSA) is 25.8 Å². The first-order valence-corrected chi connectivity index (χ1v) is 7.37. The third-order valence-electron chi connectivity index (χ3n) is 2.75. The summed E-state index contributed by atoms with van der Waals surface area (Å²) < 4.78 is 2.21. The molecule has 2 heterocycles. The summed E-state index contributed by atoms with van der Waals surface area (Å²) in [5.74, 6) is 0. The lowest BCUT2D eigenvalue weighted by Gasteiger charge is -2.07. The fourth-order valence-corrected chi connectivity index (χ4v) is 3.03. The molecule has 0 atom stereocenters. The fourth-order valence-electron chi connectivity index (χ4n) is 1.74. The SMILES string of the molecule is Cc1cnc(CCc2cnc(C)cc2Br)c(Br)c1. The monoisotopic (exact) mass is 368 g/mol. The van der Waals surface area contributed by atoms with E-state index in [0.29, 0.717) is 0 Å². The predicted octanol–water partition coefficient (Wildman–Crippen LogP) is 4.40. The molecule has 0 radical (unpaired) electrons. The molecule has 18 heavy (non-hydrogen) atoms. The lowest BCUT2D eigenvalue weighted by atomic mass is 10.1. The van der Waals surface area contributed by atoms with Gasteiger partial charge in [0.15, 0.2) is 0 Å². The van der Waals surface area contributed by atoms with Gasteiger partial charge in [0.25, 0.3) is 0 Å². The maximum Gasteiger partial charge on any atom is 0.0548 e. The normalized spacial score (nSPS) is 10.7. The van der Waals surface area contributed by atoms with Crippen LogP contribution in [0.2, 0.25) is 0 Å². The number of hydrogen-bond acceptors (Lipinski definition) is 2. The van der Waals surface area contributed by atoms with Gasteiger partial charge in [0, 0.05) is 27.0 Å². The maximum absolute atomic E-state index is 4.46. The van der Waals surface area contributed by atoms with Gasteiger partial charge in [-0.25, -0.2) is 0 Å². The quantitative estimate of drug-likeness (QED) is 0.801. The van der Waals surface area contributed by atoms with Crippen LogP contribution in [-0.2, 0) is 12.8 Å². The van der Waals surface area contributed by atoms with Crippen molar-refractivity contribution in [2.75, 3.05) is 0 Å². The van der Waals surface area contributed by atoms with E-state index >= 15 is 0 Å². The third-order valence-corrected chi connectivity index (χ3v) is 4.18. The number of hydrogen-bond donors (Lipinski definition) is 0. The molecule has 0 fully saturated rings. The molecule has 2 nitrogen and oxygen atoms in total. The van der Waals surface area contributed by atoms with Gasteiger partial charge >= 0.3 is 0 Å². The Hall–Kier alpha value is -0.740. The van der Waals surface area contributed by atoms with E-state index in [1.807, 2.05) is 32.3 Å². The molecule has 4 heteroatoms. The average Bonchev–Trinajstić information content (AvgIpc) is 2.30. The van der Waals surface area contributed by atoms with Crippen LogP contribution in [0, 0.1) is 13.8 Å². The zero-order chi connectivity index (χ0) is 13.1. The summed E-state index contributed by atoms with van der Waals surface area (Å²) in [4.78, 5) is 8.78. The Kier molecular flexibility index (Phi) is 4.51. The van der Waals surface area contributed by atoms with Crippen molar-refractivity contribution in [2.24, 2.45) is 0 Å². The van der Waals surface area contributed by atoms with Gasteiger partial charge in [0.2, 0.25) is 0 Å². The Morgan fingerprint density at radius 3 is 2.39 bits per heavy atom. The lowest BCUT2D eigenvalue weighted by molar-refractivity contribution is 0.890. The van der Waals surface area contributed by atoms with Crippen LogP contribution in [0.3, 0.4) is 0 Å². The molecule has 0 bridgehead atoms. The summed E-state index contributed by atoms with van der Waals surface area (Å²) in [7, 11) is 0. The van der Waals surface area contributed by atoms with Gasteiger partial charge in [0.1, 0.15) is 0 Å². The molecular weight excluding hydrogens is 356 g/mol. The zero-order valence-corrected chi connectivity index (χ0v) is 13.5. The molecule has 2 aromatic heterocycles. The highest BCUT2D eigenvalue weighted by Crippen LogP contribution is 2.21. The molecule has 0 aromatic carbocycles. The van der Waals surface area contributed by atoms with Gasteiger partial charge in [-0.3, -0.25) is 9.97 Å². The molecular formula is C14H14Br2N2. The van der Waals surface area contributed by atoms with Crippen LogP contribution in [-0.4, -0.2) is 9.97 Å². The summed E-state index contributed by atoms with van der Waals surface area (Å²) >= 11 is 7.14. The molecule has 0 N–H and O–H groups in total. The summed E-state index contributed by atoms with van der Waals surface area (Å²) in [6, 6.07) is 4.15. The van der Waals surface area contributed by atoms with Crippen LogP contribution in [0.5, 0.6) is 0 Å². The standard InChI is InChI=1S/C14H14Br2N2/c1-9-5-13(16)14(18-7-9)4-3-11-8-17-10(2)6-12(11)15/h5-8H,3-4H2,1-2H3. The van der Waals surface area contributed by atoms with E-state index in [2.05, 4.69) is 47.9 Å². The summed E-state index contributed by atoms with van der Waals surface area (Å²) in [6.07, 6.45) is 5.68. The second kappa shape index (κ2) is 5.93. The van der Waals surface area contributed by atoms with Gasteiger partial charge in [-0.2, -0.15) is 0 Å². The highest BCUT2D eigenvalue weighted by molar-refractivity contribution is 9.10. The van der Waals surface area contributed by atoms with Crippen molar-refractivity contribution in [3.63, 3.8) is 0 Å². The van der Waals surface area contributed by atoms with Crippen LogP contribution in [0.1, 0.15) is 22.5 Å². The molecule has 0 aliphatic rings. The number of pyridine rings is 2. The van der Waals surface area contributed by atoms with Crippen LogP contribution >= 0.6 is 31.9 Å². The zero-order valence-electron chi connectivity index (χ0n) is 10.4. The van der Waals surface area contributed by atoms with Crippen molar-refractivity contribution in [1.82, 2.24) is 9.97 Å². The average molecular weight is 370 g/mol. The number of nitrogens with zero attached hydrogens (tertiary/aromatic N) is 2. The van der Waals surface area contributed by atoms with Crippen LogP contribution in [0.15, 0.2) is 33.5 Å². The molecule has 0 aliphatic carbocycles. The van der Waals surface area contributed by atoms with Crippen LogP contribution in [0.25, 0.3) is 0 Å². The summed E-state index contributed by atoms with van der Waals surface area (Å²) in [6.45, 7) is 4.04. The minimum atomic E-state index is 0.907. The first-order valence-electron chi connectivity index (χ1n) is 5.78. The second-order valence-corrected chi connectivity index (χ2v) is 6.07. The molecule has 0 unspecified atom stereocenters. The smallest absolute Gasteiger partial charge is 0.0548 e.